The summed E-state index contributed by atoms with van der Waals surface area (Å²) in [4.78, 5) is 25.7. The zero-order chi connectivity index (χ0) is 18.0. The first-order chi connectivity index (χ1) is 12.0. The van der Waals surface area contributed by atoms with Crippen molar-refractivity contribution in [3.05, 3.63) is 21.0 Å². The molecule has 6 nitrogen and oxygen atoms in total. The van der Waals surface area contributed by atoms with E-state index in [9.17, 15) is 9.59 Å². The fraction of sp³-hybridized carbons (Fsp3) is 0.500. The van der Waals surface area contributed by atoms with E-state index in [1.165, 1.54) is 46.4 Å². The number of carbonyl (C=O) groups is 2. The summed E-state index contributed by atoms with van der Waals surface area (Å²) < 4.78 is 5.70. The number of hydrogen-bond acceptors (Lipinski definition) is 8. The van der Waals surface area contributed by atoms with Crippen LogP contribution in [0.4, 0.5) is 5.00 Å². The van der Waals surface area contributed by atoms with Gasteiger partial charge in [-0.05, 0) is 37.7 Å². The number of carbonyl (C=O) groups excluding carboxylic acids is 2. The van der Waals surface area contributed by atoms with Crippen LogP contribution >= 0.6 is 34.4 Å². The Kier molecular flexibility index (Phi) is 5.75. The van der Waals surface area contributed by atoms with E-state index in [2.05, 4.69) is 22.4 Å². The molecule has 0 radical (unpaired) electrons. The molecule has 1 aliphatic carbocycles. The van der Waals surface area contributed by atoms with Crippen molar-refractivity contribution in [2.75, 3.05) is 18.2 Å². The molecule has 2 heterocycles. The van der Waals surface area contributed by atoms with Crippen LogP contribution in [-0.4, -0.2) is 34.9 Å². The Bertz CT molecular complexity index is 800. The minimum atomic E-state index is -0.380. The lowest BCUT2D eigenvalue weighted by molar-refractivity contribution is -0.113. The number of methoxy groups -OCH3 is 1. The van der Waals surface area contributed by atoms with E-state index >= 15 is 0 Å². The van der Waals surface area contributed by atoms with Crippen LogP contribution in [0.1, 0.15) is 39.2 Å². The van der Waals surface area contributed by atoms with Gasteiger partial charge in [-0.2, -0.15) is 0 Å². The van der Waals surface area contributed by atoms with Crippen LogP contribution in [0.5, 0.6) is 0 Å². The summed E-state index contributed by atoms with van der Waals surface area (Å²) in [6, 6.07) is 0. The first-order valence-electron chi connectivity index (χ1n) is 7.93. The number of rotatable bonds is 5. The van der Waals surface area contributed by atoms with Gasteiger partial charge in [0.05, 0.1) is 18.4 Å². The molecule has 1 N–H and O–H groups in total. The van der Waals surface area contributed by atoms with Crippen molar-refractivity contribution in [2.45, 2.75) is 37.4 Å². The highest BCUT2D eigenvalue weighted by atomic mass is 32.2. The fourth-order valence-electron chi connectivity index (χ4n) is 2.78. The molecule has 0 saturated carbocycles. The fourth-order valence-corrected chi connectivity index (χ4v) is 5.81. The van der Waals surface area contributed by atoms with Crippen molar-refractivity contribution in [2.24, 2.45) is 5.92 Å². The standard InChI is InChI=1S/C16H19N3O3S3/c1-8-4-5-10-11(6-8)25-14(13(10)15(21)22-3)17-12(20)7-23-16-19-18-9(2)24-16/h8H,4-7H2,1-3H3,(H,17,20)/t8-/m0/s1. The average Bonchev–Trinajstić information content (AvgIpc) is 3.14. The number of anilines is 1. The molecular formula is C16H19N3O3S3. The van der Waals surface area contributed by atoms with Crippen molar-refractivity contribution >= 4 is 51.3 Å². The second-order valence-corrected chi connectivity index (χ2v) is 9.48. The number of amides is 1. The number of fused-ring (bicyclic) bond motifs is 1. The Morgan fingerprint density at radius 2 is 2.16 bits per heavy atom. The van der Waals surface area contributed by atoms with Crippen LogP contribution in [-0.2, 0) is 22.4 Å². The lowest BCUT2D eigenvalue weighted by atomic mass is 9.88. The molecule has 2 aromatic rings. The minimum absolute atomic E-state index is 0.158. The molecule has 0 fully saturated rings. The largest absolute Gasteiger partial charge is 0.465 e. The van der Waals surface area contributed by atoms with E-state index < -0.39 is 0 Å². The van der Waals surface area contributed by atoms with Crippen LogP contribution in [0.2, 0.25) is 0 Å². The summed E-state index contributed by atoms with van der Waals surface area (Å²) >= 11 is 4.30. The van der Waals surface area contributed by atoms with Crippen molar-refractivity contribution in [3.8, 4) is 0 Å². The van der Waals surface area contributed by atoms with Crippen molar-refractivity contribution < 1.29 is 14.3 Å². The molecular weight excluding hydrogens is 378 g/mol. The summed E-state index contributed by atoms with van der Waals surface area (Å²) in [6.45, 7) is 4.08. The number of thiophene rings is 1. The third-order valence-corrected chi connectivity index (χ3v) is 7.13. The molecule has 9 heteroatoms. The molecule has 0 unspecified atom stereocenters. The average molecular weight is 398 g/mol. The van der Waals surface area contributed by atoms with Gasteiger partial charge in [0.15, 0.2) is 4.34 Å². The maximum atomic E-state index is 12.3. The van der Waals surface area contributed by atoms with Gasteiger partial charge in [-0.3, -0.25) is 4.79 Å². The van der Waals surface area contributed by atoms with Gasteiger partial charge in [-0.25, -0.2) is 4.79 Å². The van der Waals surface area contributed by atoms with E-state index in [0.717, 1.165) is 34.2 Å². The third kappa shape index (κ3) is 4.21. The third-order valence-electron chi connectivity index (χ3n) is 3.99. The maximum absolute atomic E-state index is 12.3. The molecule has 0 spiro atoms. The van der Waals surface area contributed by atoms with E-state index in [4.69, 9.17) is 4.74 Å². The van der Waals surface area contributed by atoms with Crippen LogP contribution < -0.4 is 5.32 Å². The molecule has 25 heavy (non-hydrogen) atoms. The molecule has 0 aromatic carbocycles. The predicted molar refractivity (Wildman–Crippen MR) is 101 cm³/mol. The van der Waals surface area contributed by atoms with Crippen LogP contribution in [0.15, 0.2) is 4.34 Å². The number of esters is 1. The monoisotopic (exact) mass is 397 g/mol. The van der Waals surface area contributed by atoms with Crippen LogP contribution in [0.25, 0.3) is 0 Å². The number of hydrogen-bond donors (Lipinski definition) is 1. The highest BCUT2D eigenvalue weighted by molar-refractivity contribution is 8.01. The zero-order valence-electron chi connectivity index (χ0n) is 14.2. The molecule has 2 aromatic heterocycles. The predicted octanol–water partition coefficient (Wildman–Crippen LogP) is 3.55. The first kappa shape index (κ1) is 18.3. The number of aryl methyl sites for hydroxylation is 1. The van der Waals surface area contributed by atoms with Gasteiger partial charge in [0.25, 0.3) is 0 Å². The van der Waals surface area contributed by atoms with Crippen LogP contribution in [0.3, 0.4) is 0 Å². The minimum Gasteiger partial charge on any atom is -0.465 e. The SMILES string of the molecule is COC(=O)c1c(NC(=O)CSc2nnc(C)s2)sc2c1CC[C@H](C)C2. The smallest absolute Gasteiger partial charge is 0.341 e. The van der Waals surface area contributed by atoms with Crippen LogP contribution in [0, 0.1) is 12.8 Å². The first-order valence-corrected chi connectivity index (χ1v) is 10.6. The highest BCUT2D eigenvalue weighted by Gasteiger charge is 2.28. The highest BCUT2D eigenvalue weighted by Crippen LogP contribution is 2.40. The van der Waals surface area contributed by atoms with Gasteiger partial charge in [0.1, 0.15) is 10.0 Å². The Morgan fingerprint density at radius 1 is 1.36 bits per heavy atom. The molecule has 0 aliphatic heterocycles. The Morgan fingerprint density at radius 3 is 2.84 bits per heavy atom. The molecule has 0 bridgehead atoms. The number of ether oxygens (including phenoxy) is 1. The molecule has 1 aliphatic rings. The summed E-state index contributed by atoms with van der Waals surface area (Å²) in [6.07, 6.45) is 2.85. The summed E-state index contributed by atoms with van der Waals surface area (Å²) in [7, 11) is 1.37. The van der Waals surface area contributed by atoms with E-state index in [1.807, 2.05) is 6.92 Å². The number of nitrogens with zero attached hydrogens (tertiary/aromatic N) is 2. The second-order valence-electron chi connectivity index (χ2n) is 5.97. The summed E-state index contributed by atoms with van der Waals surface area (Å²) in [5.41, 5.74) is 1.57. The lowest BCUT2D eigenvalue weighted by Gasteiger charge is -2.18. The summed E-state index contributed by atoms with van der Waals surface area (Å²) in [5.74, 6) is 0.287. The lowest BCUT2D eigenvalue weighted by Crippen LogP contribution is -2.17. The van der Waals surface area contributed by atoms with Crippen molar-refractivity contribution in [1.29, 1.82) is 0 Å². The molecule has 3 rings (SSSR count). The second kappa shape index (κ2) is 7.84. The van der Waals surface area contributed by atoms with Gasteiger partial charge >= 0.3 is 5.97 Å². The Labute approximate surface area is 158 Å². The normalized spacial score (nSPS) is 16.4. The molecule has 0 saturated heterocycles. The topological polar surface area (TPSA) is 81.2 Å². The van der Waals surface area contributed by atoms with Gasteiger partial charge in [0.2, 0.25) is 5.91 Å². The zero-order valence-corrected chi connectivity index (χ0v) is 16.7. The van der Waals surface area contributed by atoms with E-state index in [1.54, 1.807) is 0 Å². The number of thioether (sulfide) groups is 1. The van der Waals surface area contributed by atoms with E-state index in [0.29, 0.717) is 16.5 Å². The van der Waals surface area contributed by atoms with Crippen molar-refractivity contribution in [3.63, 3.8) is 0 Å². The van der Waals surface area contributed by atoms with Gasteiger partial charge in [-0.1, -0.05) is 30.0 Å². The number of aromatic nitrogens is 2. The molecule has 134 valence electrons. The van der Waals surface area contributed by atoms with Crippen molar-refractivity contribution in [1.82, 2.24) is 10.2 Å². The van der Waals surface area contributed by atoms with Gasteiger partial charge in [-0.15, -0.1) is 21.5 Å². The quantitative estimate of drug-likeness (QED) is 0.614. The maximum Gasteiger partial charge on any atom is 0.341 e. The molecule has 1 atom stereocenters. The Hall–Kier alpha value is -1.45. The van der Waals surface area contributed by atoms with Gasteiger partial charge in [0, 0.05) is 4.88 Å². The molecule has 1 amide bonds. The van der Waals surface area contributed by atoms with E-state index in [-0.39, 0.29) is 17.6 Å². The van der Waals surface area contributed by atoms with Gasteiger partial charge < -0.3 is 10.1 Å². The Balaban J connectivity index is 1.74. The number of nitrogens with one attached hydrogen (secondary N) is 1. The summed E-state index contributed by atoms with van der Waals surface area (Å²) in [5, 5.41) is 12.3.